The van der Waals surface area contributed by atoms with Crippen molar-refractivity contribution in [2.75, 3.05) is 11.9 Å². The largest absolute Gasteiger partial charge is 0.450 e. The number of alkyl carbamates (subject to hydrolysis) is 1. The molecule has 3 amide bonds. The van der Waals surface area contributed by atoms with Crippen LogP contribution in [0.15, 0.2) is 11.4 Å². The number of rotatable bonds is 6. The Kier molecular flexibility index (Phi) is 7.72. The molecule has 10 heteroatoms. The zero-order valence-corrected chi connectivity index (χ0v) is 16.5. The first-order valence-electron chi connectivity index (χ1n) is 8.94. The third-order valence-electron chi connectivity index (χ3n) is 4.14. The van der Waals surface area contributed by atoms with Gasteiger partial charge in [0.2, 0.25) is 5.91 Å². The first-order chi connectivity index (χ1) is 12.8. The number of hydrogen-bond acceptors (Lipinski definition) is 8. The van der Waals surface area contributed by atoms with Crippen molar-refractivity contribution in [3.8, 4) is 0 Å². The third-order valence-corrected chi connectivity index (χ3v) is 4.97. The highest BCUT2D eigenvalue weighted by Gasteiger charge is 2.27. The molecule has 1 aliphatic heterocycles. The van der Waals surface area contributed by atoms with Crippen LogP contribution in [0.3, 0.4) is 0 Å². The van der Waals surface area contributed by atoms with Crippen LogP contribution < -0.4 is 27.0 Å². The van der Waals surface area contributed by atoms with Crippen molar-refractivity contribution in [1.82, 2.24) is 16.0 Å². The van der Waals surface area contributed by atoms with Crippen LogP contribution in [0.25, 0.3) is 0 Å². The molecule has 6 N–H and O–H groups in total. The van der Waals surface area contributed by atoms with Gasteiger partial charge in [0.1, 0.15) is 5.00 Å². The second kappa shape index (κ2) is 9.79. The van der Waals surface area contributed by atoms with Crippen molar-refractivity contribution in [1.29, 1.82) is 0 Å². The maximum absolute atomic E-state index is 12.4. The number of nitrogens with two attached hydrogens (primary N) is 1. The maximum Gasteiger partial charge on any atom is 0.414 e. The van der Waals surface area contributed by atoms with Crippen molar-refractivity contribution in [2.24, 2.45) is 5.73 Å². The smallest absolute Gasteiger partial charge is 0.414 e. The minimum absolute atomic E-state index is 0.0561. The van der Waals surface area contributed by atoms with Crippen LogP contribution in [0, 0.1) is 0 Å². The lowest BCUT2D eigenvalue weighted by Crippen LogP contribution is -2.58. The summed E-state index contributed by atoms with van der Waals surface area (Å²) in [6, 6.07) is 1.46. The summed E-state index contributed by atoms with van der Waals surface area (Å²) < 4.78 is 4.68. The Hall–Kier alpha value is -2.01. The molecule has 2 rings (SSSR count). The van der Waals surface area contributed by atoms with Crippen LogP contribution in [-0.4, -0.2) is 48.8 Å². The number of carbonyl (C=O) groups is 3. The standard InChI is InChI=1S/C17H27N5O4S/c1-4-26-17(25)22-14(23)11-5-6-27-16(11)21-15(24)12(18)8-13-19-9(2)7-10(3)20-13/h5-6,9-10,12-13,19-20H,4,7-8,18H2,1-3H3,(H,21,24)(H,22,23,25). The Morgan fingerprint density at radius 2 is 2.00 bits per heavy atom. The SMILES string of the molecule is CCOC(=O)NC(=O)c1ccsc1NC(=O)C(N)CC1NC(C)CC(C)N1. The minimum atomic E-state index is -0.833. The second-order valence-corrected chi connectivity index (χ2v) is 7.51. The van der Waals surface area contributed by atoms with Crippen LogP contribution in [0.4, 0.5) is 9.80 Å². The molecule has 0 aliphatic carbocycles. The predicted octanol–water partition coefficient (Wildman–Crippen LogP) is 0.976. The monoisotopic (exact) mass is 397 g/mol. The number of nitrogens with one attached hydrogen (secondary N) is 4. The number of hydrogen-bond donors (Lipinski definition) is 5. The summed E-state index contributed by atoms with van der Waals surface area (Å²) in [6.07, 6.45) is 0.530. The van der Waals surface area contributed by atoms with Gasteiger partial charge in [-0.05, 0) is 45.1 Å². The summed E-state index contributed by atoms with van der Waals surface area (Å²) >= 11 is 1.18. The highest BCUT2D eigenvalue weighted by atomic mass is 32.1. The molecule has 27 heavy (non-hydrogen) atoms. The molecule has 2 heterocycles. The van der Waals surface area contributed by atoms with Gasteiger partial charge in [0.05, 0.1) is 24.4 Å². The van der Waals surface area contributed by atoms with Gasteiger partial charge in [0.15, 0.2) is 0 Å². The van der Waals surface area contributed by atoms with Crippen molar-refractivity contribution in [3.63, 3.8) is 0 Å². The number of carbonyl (C=O) groups excluding carboxylic acids is 3. The lowest BCUT2D eigenvalue weighted by Gasteiger charge is -2.35. The maximum atomic E-state index is 12.4. The van der Waals surface area contributed by atoms with Crippen molar-refractivity contribution < 1.29 is 19.1 Å². The van der Waals surface area contributed by atoms with E-state index >= 15 is 0 Å². The molecule has 1 saturated heterocycles. The fourth-order valence-electron chi connectivity index (χ4n) is 3.02. The van der Waals surface area contributed by atoms with Crippen molar-refractivity contribution >= 4 is 34.2 Å². The van der Waals surface area contributed by atoms with Gasteiger partial charge in [-0.1, -0.05) is 0 Å². The average Bonchev–Trinajstić information content (AvgIpc) is 3.02. The molecule has 0 spiro atoms. The van der Waals surface area contributed by atoms with Crippen molar-refractivity contribution in [3.05, 3.63) is 17.0 Å². The summed E-state index contributed by atoms with van der Waals surface area (Å²) in [4.78, 5) is 36.0. The highest BCUT2D eigenvalue weighted by molar-refractivity contribution is 7.14. The molecule has 0 bridgehead atoms. The molecule has 3 unspecified atom stereocenters. The van der Waals surface area contributed by atoms with E-state index in [0.29, 0.717) is 23.5 Å². The van der Waals surface area contributed by atoms with E-state index in [4.69, 9.17) is 5.73 Å². The lowest BCUT2D eigenvalue weighted by molar-refractivity contribution is -0.117. The first-order valence-corrected chi connectivity index (χ1v) is 9.82. The van der Waals surface area contributed by atoms with Gasteiger partial charge >= 0.3 is 6.09 Å². The van der Waals surface area contributed by atoms with Crippen LogP contribution in [0.2, 0.25) is 0 Å². The quantitative estimate of drug-likeness (QED) is 0.483. The fourth-order valence-corrected chi connectivity index (χ4v) is 3.80. The van der Waals surface area contributed by atoms with Gasteiger partial charge in [0, 0.05) is 12.1 Å². The van der Waals surface area contributed by atoms with E-state index in [1.165, 1.54) is 17.4 Å². The number of imide groups is 1. The molecule has 1 aromatic heterocycles. The van der Waals surface area contributed by atoms with Crippen molar-refractivity contribution in [2.45, 2.75) is 57.9 Å². The number of anilines is 1. The summed E-state index contributed by atoms with van der Waals surface area (Å²) in [7, 11) is 0. The zero-order valence-electron chi connectivity index (χ0n) is 15.7. The summed E-state index contributed by atoms with van der Waals surface area (Å²) in [6.45, 7) is 5.98. The number of thiophene rings is 1. The van der Waals surface area contributed by atoms with Gasteiger partial charge in [-0.2, -0.15) is 0 Å². The van der Waals surface area contributed by atoms with E-state index in [2.05, 4.69) is 39.9 Å². The molecular weight excluding hydrogens is 370 g/mol. The fraction of sp³-hybridized carbons (Fsp3) is 0.588. The van der Waals surface area contributed by atoms with E-state index in [-0.39, 0.29) is 18.3 Å². The number of amides is 3. The Morgan fingerprint density at radius 3 is 2.63 bits per heavy atom. The van der Waals surface area contributed by atoms with Crippen LogP contribution in [0.1, 0.15) is 44.0 Å². The van der Waals surface area contributed by atoms with Gasteiger partial charge < -0.3 is 15.8 Å². The molecule has 1 aliphatic rings. The van der Waals surface area contributed by atoms with Gasteiger partial charge in [-0.15, -0.1) is 11.3 Å². The summed E-state index contributed by atoms with van der Waals surface area (Å²) in [5.41, 5.74) is 6.22. The molecular formula is C17H27N5O4S. The zero-order chi connectivity index (χ0) is 20.0. The molecule has 9 nitrogen and oxygen atoms in total. The summed E-state index contributed by atoms with van der Waals surface area (Å²) in [5.74, 6) is -1.03. The van der Waals surface area contributed by atoms with Crippen LogP contribution >= 0.6 is 11.3 Å². The first kappa shape index (κ1) is 21.3. The van der Waals surface area contributed by atoms with Crippen LogP contribution in [-0.2, 0) is 9.53 Å². The van der Waals surface area contributed by atoms with E-state index in [1.807, 2.05) is 0 Å². The molecule has 1 aromatic rings. The van der Waals surface area contributed by atoms with E-state index in [1.54, 1.807) is 12.3 Å². The Bertz CT molecular complexity index is 670. The molecule has 1 fully saturated rings. The molecule has 0 saturated carbocycles. The number of ether oxygens (including phenoxy) is 1. The summed E-state index contributed by atoms with van der Waals surface area (Å²) in [5, 5.41) is 13.5. The second-order valence-electron chi connectivity index (χ2n) is 6.59. The molecule has 150 valence electrons. The van der Waals surface area contributed by atoms with E-state index < -0.39 is 23.9 Å². The normalized spacial score (nSPS) is 23.3. The van der Waals surface area contributed by atoms with Gasteiger partial charge in [0.25, 0.3) is 5.91 Å². The van der Waals surface area contributed by atoms with Crippen LogP contribution in [0.5, 0.6) is 0 Å². The topological polar surface area (TPSA) is 135 Å². The van der Waals surface area contributed by atoms with Gasteiger partial charge in [-0.25, -0.2) is 4.79 Å². The molecule has 0 radical (unpaired) electrons. The Balaban J connectivity index is 1.93. The molecule has 0 aromatic carbocycles. The lowest BCUT2D eigenvalue weighted by atomic mass is 10.0. The highest BCUT2D eigenvalue weighted by Crippen LogP contribution is 2.23. The Labute approximate surface area is 162 Å². The van der Waals surface area contributed by atoms with Gasteiger partial charge in [-0.3, -0.25) is 25.5 Å². The van der Waals surface area contributed by atoms with E-state index in [0.717, 1.165) is 6.42 Å². The van der Waals surface area contributed by atoms with E-state index in [9.17, 15) is 14.4 Å². The molecule has 3 atom stereocenters. The Morgan fingerprint density at radius 1 is 1.33 bits per heavy atom. The average molecular weight is 398 g/mol. The predicted molar refractivity (Wildman–Crippen MR) is 104 cm³/mol. The minimum Gasteiger partial charge on any atom is -0.450 e. The third kappa shape index (κ3) is 6.28.